The molecule has 22 heavy (non-hydrogen) atoms. The summed E-state index contributed by atoms with van der Waals surface area (Å²) in [7, 11) is 2.81. The second kappa shape index (κ2) is 12.0. The fourth-order valence-corrected chi connectivity index (χ4v) is 3.23. The summed E-state index contributed by atoms with van der Waals surface area (Å²) < 4.78 is 9.75. The van der Waals surface area contributed by atoms with E-state index in [-0.39, 0.29) is 80.9 Å². The minimum atomic E-state index is -0.651. The third-order valence-electron chi connectivity index (χ3n) is 4.37. The Kier molecular flexibility index (Phi) is 13.6. The topological polar surface area (TPSA) is 52.6 Å². The van der Waals surface area contributed by atoms with Gasteiger partial charge in [-0.15, -0.1) is 0 Å². The van der Waals surface area contributed by atoms with Crippen molar-refractivity contribution in [1.29, 1.82) is 0 Å². The van der Waals surface area contributed by atoms with Crippen LogP contribution < -0.4 is 51.4 Å². The predicted molar refractivity (Wildman–Crippen MR) is 89.2 cm³/mol. The molecule has 0 aliphatic heterocycles. The monoisotopic (exact) mass is 346 g/mol. The number of rotatable bonds is 6. The van der Waals surface area contributed by atoms with Gasteiger partial charge in [-0.05, 0) is 32.6 Å². The Morgan fingerprint density at radius 2 is 1.73 bits per heavy atom. The van der Waals surface area contributed by atoms with Crippen LogP contribution in [0.5, 0.6) is 0 Å². The summed E-state index contributed by atoms with van der Waals surface area (Å²) in [4.78, 5) is 23.8. The number of methoxy groups -OCH3 is 2. The zero-order valence-electron chi connectivity index (χ0n) is 15.2. The van der Waals surface area contributed by atoms with Crippen LogP contribution in [-0.4, -0.2) is 26.2 Å². The van der Waals surface area contributed by atoms with Gasteiger partial charge in [0, 0.05) is 2.85 Å². The molecule has 1 unspecified atom stereocenters. The summed E-state index contributed by atoms with van der Waals surface area (Å²) in [5.41, 5.74) is -0.651. The molecule has 1 saturated carbocycles. The average Bonchev–Trinajstić information content (AvgIpc) is 2.45. The minimum absolute atomic E-state index is 0. The first-order chi connectivity index (χ1) is 9.40. The molecular formula is C17H37KO4. The van der Waals surface area contributed by atoms with Crippen molar-refractivity contribution in [3.8, 4) is 0 Å². The normalized spacial score (nSPS) is 16.7. The van der Waals surface area contributed by atoms with Gasteiger partial charge in [-0.2, -0.15) is 0 Å². The molecule has 0 heterocycles. The molecule has 0 N–H and O–H groups in total. The van der Waals surface area contributed by atoms with Gasteiger partial charge in [0.25, 0.3) is 0 Å². The molecule has 0 amide bonds. The van der Waals surface area contributed by atoms with Gasteiger partial charge in [0.05, 0.1) is 25.6 Å². The minimum Gasteiger partial charge on any atom is -1.00 e. The summed E-state index contributed by atoms with van der Waals surface area (Å²) in [6.07, 6.45) is 7.49. The van der Waals surface area contributed by atoms with Gasteiger partial charge in [0.1, 0.15) is 0 Å². The maximum absolute atomic E-state index is 12.0. The van der Waals surface area contributed by atoms with Gasteiger partial charge in [-0.25, -0.2) is 0 Å². The van der Waals surface area contributed by atoms with Gasteiger partial charge in [0.15, 0.2) is 0 Å². The summed E-state index contributed by atoms with van der Waals surface area (Å²) in [5.74, 6) is -0.0962. The van der Waals surface area contributed by atoms with Crippen molar-refractivity contribution in [1.82, 2.24) is 0 Å². The summed E-state index contributed by atoms with van der Waals surface area (Å²) in [6, 6.07) is 0. The van der Waals surface area contributed by atoms with E-state index in [0.717, 1.165) is 6.42 Å². The third-order valence-corrected chi connectivity index (χ3v) is 4.37. The Balaban J connectivity index is -0.000000267. The van der Waals surface area contributed by atoms with E-state index < -0.39 is 5.41 Å². The Bertz CT molecular complexity index is 349. The standard InChI is InChI=1S/C16H28O4.CH4.K.2H2.H/c1-16(2,15(18)20-4)11-13(14(17)19-3)10-12-8-6-5-7-9-12;;;;;/h12-13H,5-11H2,1-4H3;1H4;;2*1H;/q;;+1;;;-1/i;;;2*1+1;. The van der Waals surface area contributed by atoms with Crippen molar-refractivity contribution in [2.45, 2.75) is 66.2 Å². The van der Waals surface area contributed by atoms with Crippen molar-refractivity contribution >= 4 is 11.9 Å². The molecule has 0 aromatic rings. The van der Waals surface area contributed by atoms with E-state index in [1.807, 2.05) is 13.8 Å². The summed E-state index contributed by atoms with van der Waals surface area (Å²) in [5, 5.41) is 0. The van der Waals surface area contributed by atoms with Gasteiger partial charge in [-0.1, -0.05) is 39.5 Å². The zero-order chi connectivity index (χ0) is 15.2. The molecule has 0 bridgehead atoms. The Morgan fingerprint density at radius 3 is 2.18 bits per heavy atom. The quantitative estimate of drug-likeness (QED) is 0.541. The van der Waals surface area contributed by atoms with E-state index in [2.05, 4.69) is 0 Å². The van der Waals surface area contributed by atoms with E-state index in [4.69, 9.17) is 9.47 Å². The second-order valence-corrected chi connectivity index (χ2v) is 6.54. The van der Waals surface area contributed by atoms with Crippen molar-refractivity contribution in [2.24, 2.45) is 17.3 Å². The number of esters is 2. The van der Waals surface area contributed by atoms with Crippen LogP contribution in [0.2, 0.25) is 0 Å². The number of ether oxygens (including phenoxy) is 2. The summed E-state index contributed by atoms with van der Waals surface area (Å²) >= 11 is 0. The zero-order valence-corrected chi connectivity index (χ0v) is 17.4. The Morgan fingerprint density at radius 1 is 1.18 bits per heavy atom. The molecule has 1 atom stereocenters. The van der Waals surface area contributed by atoms with Crippen LogP contribution in [0.4, 0.5) is 0 Å². The van der Waals surface area contributed by atoms with E-state index in [1.165, 1.54) is 46.3 Å². The molecule has 1 aliphatic rings. The molecule has 0 saturated heterocycles. The van der Waals surface area contributed by atoms with Crippen molar-refractivity contribution in [2.75, 3.05) is 14.2 Å². The number of hydrogen-bond donors (Lipinski definition) is 0. The van der Waals surface area contributed by atoms with Crippen LogP contribution in [0.25, 0.3) is 0 Å². The average molecular weight is 347 g/mol. The number of carbonyl (C=O) groups excluding carboxylic acids is 2. The molecular weight excluding hydrogens is 307 g/mol. The fraction of sp³-hybridized carbons (Fsp3) is 0.882. The van der Waals surface area contributed by atoms with Crippen LogP contribution in [0.3, 0.4) is 0 Å². The van der Waals surface area contributed by atoms with E-state index in [0.29, 0.717) is 12.3 Å². The van der Waals surface area contributed by atoms with E-state index in [1.54, 1.807) is 0 Å². The molecule has 0 aromatic heterocycles. The van der Waals surface area contributed by atoms with Crippen molar-refractivity contribution in [3.05, 3.63) is 0 Å². The van der Waals surface area contributed by atoms with E-state index in [9.17, 15) is 9.59 Å². The predicted octanol–water partition coefficient (Wildman–Crippen LogP) is 1.58. The molecule has 1 aliphatic carbocycles. The molecule has 5 heteroatoms. The molecule has 4 nitrogen and oxygen atoms in total. The van der Waals surface area contributed by atoms with E-state index >= 15 is 0 Å². The molecule has 0 aromatic carbocycles. The SMILES string of the molecule is C.COC(=O)C(CC1CCCCC1)CC(C)(C)C(=O)OC.[2HH].[2HH].[H-].[K+]. The maximum atomic E-state index is 12.0. The van der Waals surface area contributed by atoms with Crippen LogP contribution in [0.1, 0.15) is 70.5 Å². The first-order valence-electron chi connectivity index (χ1n) is 7.57. The van der Waals surface area contributed by atoms with Gasteiger partial charge in [0.2, 0.25) is 0 Å². The third kappa shape index (κ3) is 7.91. The number of carbonyl (C=O) groups is 2. The summed E-state index contributed by atoms with van der Waals surface area (Å²) in [6.45, 7) is 3.66. The Hall–Kier alpha value is 0.576. The molecule has 1 rings (SSSR count). The van der Waals surface area contributed by atoms with Crippen LogP contribution in [0, 0.1) is 17.3 Å². The molecule has 1 fully saturated rings. The van der Waals surface area contributed by atoms with Gasteiger partial charge in [-0.3, -0.25) is 9.59 Å². The second-order valence-electron chi connectivity index (χ2n) is 6.54. The maximum Gasteiger partial charge on any atom is 1.00 e. The van der Waals surface area contributed by atoms with Crippen LogP contribution >= 0.6 is 0 Å². The van der Waals surface area contributed by atoms with Crippen LogP contribution in [0.15, 0.2) is 0 Å². The molecule has 0 spiro atoms. The van der Waals surface area contributed by atoms with Crippen molar-refractivity contribution in [3.63, 3.8) is 0 Å². The Labute approximate surface area is 183 Å². The smallest absolute Gasteiger partial charge is 1.00 e. The van der Waals surface area contributed by atoms with Gasteiger partial charge >= 0.3 is 63.3 Å². The fourth-order valence-electron chi connectivity index (χ4n) is 3.23. The van der Waals surface area contributed by atoms with Gasteiger partial charge < -0.3 is 10.9 Å². The molecule has 130 valence electrons. The van der Waals surface area contributed by atoms with Crippen LogP contribution in [-0.2, 0) is 19.1 Å². The van der Waals surface area contributed by atoms with Crippen molar-refractivity contribution < 1.29 is 74.7 Å². The molecule has 0 radical (unpaired) electrons. The number of hydrogen-bond acceptors (Lipinski definition) is 4. The first-order valence-corrected chi connectivity index (χ1v) is 7.57. The first kappa shape index (κ1) is 24.8. The largest absolute Gasteiger partial charge is 1.00 e.